The van der Waals surface area contributed by atoms with Crippen molar-refractivity contribution in [2.75, 3.05) is 13.7 Å². The summed E-state index contributed by atoms with van der Waals surface area (Å²) < 4.78 is 4.98. The predicted molar refractivity (Wildman–Crippen MR) is 63.1 cm³/mol. The number of methoxy groups -OCH3 is 1. The molecular formula is C12H19ClO. The summed E-state index contributed by atoms with van der Waals surface area (Å²) in [6.07, 6.45) is 0.953. The first-order valence-corrected chi connectivity index (χ1v) is 5.36. The highest BCUT2D eigenvalue weighted by Gasteiger charge is 1.96. The van der Waals surface area contributed by atoms with E-state index in [-0.39, 0.29) is 0 Å². The number of rotatable bonds is 3. The topological polar surface area (TPSA) is 9.23 Å². The van der Waals surface area contributed by atoms with Gasteiger partial charge in [0.2, 0.25) is 0 Å². The third-order valence-electron chi connectivity index (χ3n) is 1.82. The molecule has 0 N–H and O–H groups in total. The quantitative estimate of drug-likeness (QED) is 0.743. The van der Waals surface area contributed by atoms with E-state index in [4.69, 9.17) is 16.3 Å². The van der Waals surface area contributed by atoms with Crippen molar-refractivity contribution in [1.82, 2.24) is 0 Å². The Hall–Kier alpha value is -0.530. The molecule has 0 aromatic heterocycles. The number of hydrogen-bond acceptors (Lipinski definition) is 1. The zero-order valence-electron chi connectivity index (χ0n) is 9.43. The Bertz CT molecular complexity index is 258. The Morgan fingerprint density at radius 2 is 1.93 bits per heavy atom. The number of halogens is 1. The number of hydrogen-bond donors (Lipinski definition) is 0. The molecule has 0 spiro atoms. The summed E-state index contributed by atoms with van der Waals surface area (Å²) in [6, 6.07) is 6.07. The highest BCUT2D eigenvalue weighted by Crippen LogP contribution is 2.16. The van der Waals surface area contributed by atoms with E-state index in [9.17, 15) is 0 Å². The standard InChI is InChI=1S/C10H13ClO.C2H6/c1-8-7-9(5-6-12-2)3-4-10(8)11;1-2/h3-4,7H,5-6H2,1-2H3;1-2H3. The maximum Gasteiger partial charge on any atom is 0.0502 e. The van der Waals surface area contributed by atoms with Crippen LogP contribution >= 0.6 is 11.6 Å². The summed E-state index contributed by atoms with van der Waals surface area (Å²) in [5, 5.41) is 0.830. The minimum Gasteiger partial charge on any atom is -0.384 e. The second-order valence-electron chi connectivity index (χ2n) is 2.83. The van der Waals surface area contributed by atoms with E-state index >= 15 is 0 Å². The zero-order valence-corrected chi connectivity index (χ0v) is 10.2. The highest BCUT2D eigenvalue weighted by molar-refractivity contribution is 6.31. The maximum absolute atomic E-state index is 5.88. The lowest BCUT2D eigenvalue weighted by Gasteiger charge is -2.02. The largest absolute Gasteiger partial charge is 0.384 e. The van der Waals surface area contributed by atoms with Crippen LogP contribution in [0.25, 0.3) is 0 Å². The summed E-state index contributed by atoms with van der Waals surface area (Å²) in [7, 11) is 1.71. The van der Waals surface area contributed by atoms with Gasteiger partial charge in [-0.1, -0.05) is 37.6 Å². The summed E-state index contributed by atoms with van der Waals surface area (Å²) in [6.45, 7) is 6.78. The van der Waals surface area contributed by atoms with Crippen molar-refractivity contribution in [1.29, 1.82) is 0 Å². The van der Waals surface area contributed by atoms with Crippen molar-refractivity contribution < 1.29 is 4.74 Å². The second kappa shape index (κ2) is 7.84. The van der Waals surface area contributed by atoms with Gasteiger partial charge < -0.3 is 4.74 Å². The van der Waals surface area contributed by atoms with Crippen LogP contribution in [0.3, 0.4) is 0 Å². The molecule has 0 unspecified atom stereocenters. The molecule has 80 valence electrons. The van der Waals surface area contributed by atoms with Crippen molar-refractivity contribution in [3.05, 3.63) is 34.3 Å². The Balaban J connectivity index is 0.000000791. The summed E-state index contributed by atoms with van der Waals surface area (Å²) >= 11 is 5.88. The van der Waals surface area contributed by atoms with Gasteiger partial charge in [0, 0.05) is 12.1 Å². The van der Waals surface area contributed by atoms with Crippen LogP contribution in [0.4, 0.5) is 0 Å². The molecule has 0 aliphatic carbocycles. The lowest BCUT2D eigenvalue weighted by molar-refractivity contribution is 0.202. The molecule has 14 heavy (non-hydrogen) atoms. The smallest absolute Gasteiger partial charge is 0.0502 e. The van der Waals surface area contributed by atoms with E-state index in [1.807, 2.05) is 32.9 Å². The van der Waals surface area contributed by atoms with Gasteiger partial charge in [0.05, 0.1) is 6.61 Å². The summed E-state index contributed by atoms with van der Waals surface area (Å²) in [5.41, 5.74) is 2.41. The van der Waals surface area contributed by atoms with Crippen molar-refractivity contribution in [3.8, 4) is 0 Å². The van der Waals surface area contributed by atoms with Crippen LogP contribution in [0, 0.1) is 6.92 Å². The number of aryl methyl sites for hydroxylation is 1. The van der Waals surface area contributed by atoms with E-state index < -0.39 is 0 Å². The molecule has 1 aromatic carbocycles. The van der Waals surface area contributed by atoms with Crippen molar-refractivity contribution in [3.63, 3.8) is 0 Å². The molecule has 0 heterocycles. The molecule has 0 amide bonds. The predicted octanol–water partition coefficient (Wildman–Crippen LogP) is 3.86. The fourth-order valence-corrected chi connectivity index (χ4v) is 1.20. The van der Waals surface area contributed by atoms with Crippen LogP contribution in [0.15, 0.2) is 18.2 Å². The van der Waals surface area contributed by atoms with Gasteiger partial charge in [-0.15, -0.1) is 0 Å². The molecule has 0 atom stereocenters. The summed E-state index contributed by atoms with van der Waals surface area (Å²) in [4.78, 5) is 0. The lowest BCUT2D eigenvalue weighted by Crippen LogP contribution is -1.94. The molecule has 1 nitrogen and oxygen atoms in total. The normalized spacial score (nSPS) is 9.21. The zero-order chi connectivity index (χ0) is 11.0. The molecule has 0 bridgehead atoms. The SMILES string of the molecule is CC.COCCc1ccc(Cl)c(C)c1. The van der Waals surface area contributed by atoms with E-state index in [1.165, 1.54) is 5.56 Å². The average Bonchev–Trinajstić information content (AvgIpc) is 2.23. The highest BCUT2D eigenvalue weighted by atomic mass is 35.5. The summed E-state index contributed by atoms with van der Waals surface area (Å²) in [5.74, 6) is 0. The molecule has 0 fully saturated rings. The molecule has 2 heteroatoms. The third kappa shape index (κ3) is 4.64. The van der Waals surface area contributed by atoms with Gasteiger partial charge in [0.15, 0.2) is 0 Å². The molecule has 0 aliphatic rings. The third-order valence-corrected chi connectivity index (χ3v) is 2.24. The molecule has 0 saturated heterocycles. The first kappa shape index (κ1) is 13.5. The lowest BCUT2D eigenvalue weighted by atomic mass is 10.1. The van der Waals surface area contributed by atoms with Crippen LogP contribution in [0.1, 0.15) is 25.0 Å². The van der Waals surface area contributed by atoms with Crippen molar-refractivity contribution in [2.45, 2.75) is 27.2 Å². The van der Waals surface area contributed by atoms with E-state index in [2.05, 4.69) is 6.07 Å². The minimum absolute atomic E-state index is 0.765. The van der Waals surface area contributed by atoms with Gasteiger partial charge >= 0.3 is 0 Å². The van der Waals surface area contributed by atoms with Gasteiger partial charge in [0.1, 0.15) is 0 Å². The van der Waals surface area contributed by atoms with E-state index in [0.717, 1.165) is 23.6 Å². The van der Waals surface area contributed by atoms with Gasteiger partial charge in [-0.2, -0.15) is 0 Å². The Morgan fingerprint density at radius 3 is 2.43 bits per heavy atom. The fraction of sp³-hybridized carbons (Fsp3) is 0.500. The molecule has 0 aliphatic heterocycles. The van der Waals surface area contributed by atoms with E-state index in [1.54, 1.807) is 7.11 Å². The van der Waals surface area contributed by atoms with Crippen molar-refractivity contribution >= 4 is 11.6 Å². The van der Waals surface area contributed by atoms with Gasteiger partial charge in [-0.3, -0.25) is 0 Å². The van der Waals surface area contributed by atoms with Gasteiger partial charge in [-0.25, -0.2) is 0 Å². The van der Waals surface area contributed by atoms with Gasteiger partial charge in [0.25, 0.3) is 0 Å². The maximum atomic E-state index is 5.88. The van der Waals surface area contributed by atoms with Crippen LogP contribution in [-0.2, 0) is 11.2 Å². The Kier molecular flexibility index (Phi) is 7.54. The van der Waals surface area contributed by atoms with Crippen LogP contribution in [0.2, 0.25) is 5.02 Å². The number of benzene rings is 1. The minimum atomic E-state index is 0.765. The average molecular weight is 215 g/mol. The molecule has 1 aromatic rings. The van der Waals surface area contributed by atoms with Gasteiger partial charge in [-0.05, 0) is 30.5 Å². The molecular weight excluding hydrogens is 196 g/mol. The second-order valence-corrected chi connectivity index (χ2v) is 3.23. The van der Waals surface area contributed by atoms with Crippen LogP contribution in [-0.4, -0.2) is 13.7 Å². The first-order valence-electron chi connectivity index (χ1n) is 4.98. The monoisotopic (exact) mass is 214 g/mol. The van der Waals surface area contributed by atoms with Crippen LogP contribution in [0.5, 0.6) is 0 Å². The van der Waals surface area contributed by atoms with Crippen LogP contribution < -0.4 is 0 Å². The molecule has 0 saturated carbocycles. The van der Waals surface area contributed by atoms with E-state index in [0.29, 0.717) is 0 Å². The Morgan fingerprint density at radius 1 is 1.29 bits per heavy atom. The molecule has 1 rings (SSSR count). The fourth-order valence-electron chi connectivity index (χ4n) is 1.08. The molecule has 0 radical (unpaired) electrons. The Labute approximate surface area is 92.0 Å². The first-order chi connectivity index (χ1) is 6.74. The number of ether oxygens (including phenoxy) is 1. The van der Waals surface area contributed by atoms with Crippen molar-refractivity contribution in [2.24, 2.45) is 0 Å².